The van der Waals surface area contributed by atoms with Crippen molar-refractivity contribution in [1.29, 1.82) is 0 Å². The van der Waals surface area contributed by atoms with Crippen molar-refractivity contribution < 1.29 is 22.8 Å². The van der Waals surface area contributed by atoms with Gasteiger partial charge in [-0.05, 0) is 37.3 Å². The molecule has 0 fully saturated rings. The van der Waals surface area contributed by atoms with E-state index in [4.69, 9.17) is 21.1 Å². The number of halogens is 1. The fourth-order valence-corrected chi connectivity index (χ4v) is 3.01. The number of methoxy groups -OCH3 is 1. The van der Waals surface area contributed by atoms with Gasteiger partial charge in [-0.1, -0.05) is 11.6 Å². The van der Waals surface area contributed by atoms with Crippen molar-refractivity contribution in [2.24, 2.45) is 5.10 Å². The minimum atomic E-state index is -3.90. The second-order valence-corrected chi connectivity index (χ2v) is 7.17. The number of nitro groups is 1. The van der Waals surface area contributed by atoms with Crippen molar-refractivity contribution in [3.05, 3.63) is 57.1 Å². The molecule has 0 unspecified atom stereocenters. The van der Waals surface area contributed by atoms with Crippen LogP contribution in [0.3, 0.4) is 0 Å². The van der Waals surface area contributed by atoms with Crippen LogP contribution in [0.2, 0.25) is 5.02 Å². The van der Waals surface area contributed by atoms with Gasteiger partial charge < -0.3 is 9.47 Å². The van der Waals surface area contributed by atoms with Gasteiger partial charge in [0.15, 0.2) is 5.75 Å². The molecular formula is C16H16ClN3O6S. The predicted molar refractivity (Wildman–Crippen MR) is 100 cm³/mol. The molecule has 0 aliphatic heterocycles. The van der Waals surface area contributed by atoms with E-state index in [1.165, 1.54) is 43.5 Å². The number of nitrogens with zero attached hydrogens (tertiary/aromatic N) is 2. The molecule has 2 aromatic rings. The zero-order valence-corrected chi connectivity index (χ0v) is 16.0. The lowest BCUT2D eigenvalue weighted by Gasteiger charge is -2.10. The molecule has 0 radical (unpaired) electrons. The Balaban J connectivity index is 2.29. The topological polar surface area (TPSA) is 120 Å². The van der Waals surface area contributed by atoms with E-state index in [0.717, 1.165) is 6.21 Å². The summed E-state index contributed by atoms with van der Waals surface area (Å²) in [5.41, 5.74) is -0.0704. The van der Waals surface area contributed by atoms with Crippen LogP contribution in [-0.2, 0) is 10.0 Å². The summed E-state index contributed by atoms with van der Waals surface area (Å²) in [6.07, 6.45) is 1.12. The van der Waals surface area contributed by atoms with Gasteiger partial charge in [0.2, 0.25) is 5.75 Å². The lowest BCUT2D eigenvalue weighted by molar-refractivity contribution is -0.385. The molecule has 9 nitrogen and oxygen atoms in total. The fourth-order valence-electron chi connectivity index (χ4n) is 2.10. The zero-order chi connectivity index (χ0) is 20.0. The maximum Gasteiger partial charge on any atom is 0.315 e. The van der Waals surface area contributed by atoms with Gasteiger partial charge in [-0.2, -0.15) is 13.5 Å². The van der Waals surface area contributed by atoms with Crippen LogP contribution < -0.4 is 14.3 Å². The predicted octanol–water partition coefficient (Wildman–Crippen LogP) is 2.97. The van der Waals surface area contributed by atoms with Crippen LogP contribution in [0.15, 0.2) is 46.4 Å². The fraction of sp³-hybridized carbons (Fsp3) is 0.188. The molecule has 11 heteroatoms. The summed E-state index contributed by atoms with van der Waals surface area (Å²) in [6.45, 7) is 1.90. The highest BCUT2D eigenvalue weighted by molar-refractivity contribution is 7.89. The van der Waals surface area contributed by atoms with E-state index in [0.29, 0.717) is 5.02 Å². The zero-order valence-electron chi connectivity index (χ0n) is 14.4. The number of rotatable bonds is 8. The SMILES string of the molecule is CCOc1c(OC)cc(/C=N/NS(=O)(=O)c2ccc(Cl)cc2)cc1[N+](=O)[O-]. The summed E-state index contributed by atoms with van der Waals surface area (Å²) in [6, 6.07) is 8.16. The minimum absolute atomic E-state index is 0.0103. The van der Waals surface area contributed by atoms with Gasteiger partial charge in [0.25, 0.3) is 10.0 Å². The van der Waals surface area contributed by atoms with E-state index in [2.05, 4.69) is 5.10 Å². The molecule has 0 spiro atoms. The normalized spacial score (nSPS) is 11.4. The highest BCUT2D eigenvalue weighted by Gasteiger charge is 2.21. The van der Waals surface area contributed by atoms with Crippen LogP contribution >= 0.6 is 11.6 Å². The van der Waals surface area contributed by atoms with Crippen LogP contribution in [0.5, 0.6) is 11.5 Å². The summed E-state index contributed by atoms with van der Waals surface area (Å²) in [7, 11) is -2.56. The van der Waals surface area contributed by atoms with Crippen molar-refractivity contribution >= 4 is 33.5 Å². The summed E-state index contributed by atoms with van der Waals surface area (Å²) in [5, 5.41) is 15.3. The number of benzene rings is 2. The number of ether oxygens (including phenoxy) is 2. The Hall–Kier alpha value is -2.85. The van der Waals surface area contributed by atoms with Crippen LogP contribution in [0.4, 0.5) is 5.69 Å². The van der Waals surface area contributed by atoms with Gasteiger partial charge in [-0.25, -0.2) is 4.83 Å². The number of sulfonamides is 1. The van der Waals surface area contributed by atoms with E-state index in [1.54, 1.807) is 6.92 Å². The molecule has 0 aliphatic rings. The lowest BCUT2D eigenvalue weighted by atomic mass is 10.2. The van der Waals surface area contributed by atoms with Gasteiger partial charge in [0.1, 0.15) is 0 Å². The first-order chi connectivity index (χ1) is 12.8. The number of hydrazone groups is 1. The van der Waals surface area contributed by atoms with Crippen molar-refractivity contribution in [2.75, 3.05) is 13.7 Å². The van der Waals surface area contributed by atoms with Gasteiger partial charge in [-0.3, -0.25) is 10.1 Å². The number of nitrogens with one attached hydrogen (secondary N) is 1. The van der Waals surface area contributed by atoms with Crippen LogP contribution in [0.1, 0.15) is 12.5 Å². The molecule has 144 valence electrons. The first kappa shape index (κ1) is 20.5. The second kappa shape index (κ2) is 8.69. The van der Waals surface area contributed by atoms with Crippen LogP contribution in [-0.4, -0.2) is 33.3 Å². The Morgan fingerprint density at radius 3 is 2.52 bits per heavy atom. The molecule has 2 aromatic carbocycles. The number of nitro benzene ring substituents is 1. The second-order valence-electron chi connectivity index (χ2n) is 5.07. The Morgan fingerprint density at radius 1 is 1.30 bits per heavy atom. The third-order valence-corrected chi connectivity index (χ3v) is 4.76. The van der Waals surface area contributed by atoms with Crippen molar-refractivity contribution in [3.8, 4) is 11.5 Å². The molecule has 27 heavy (non-hydrogen) atoms. The highest BCUT2D eigenvalue weighted by atomic mass is 35.5. The van der Waals surface area contributed by atoms with Gasteiger partial charge in [0, 0.05) is 16.7 Å². The molecule has 0 heterocycles. The first-order valence-corrected chi connectivity index (χ1v) is 9.44. The van der Waals surface area contributed by atoms with E-state index in [1.807, 2.05) is 4.83 Å². The van der Waals surface area contributed by atoms with Gasteiger partial charge in [0.05, 0.1) is 29.8 Å². The average Bonchev–Trinajstić information content (AvgIpc) is 2.62. The van der Waals surface area contributed by atoms with Crippen molar-refractivity contribution in [3.63, 3.8) is 0 Å². The third kappa shape index (κ3) is 5.08. The monoisotopic (exact) mass is 413 g/mol. The first-order valence-electron chi connectivity index (χ1n) is 7.58. The molecule has 0 saturated heterocycles. The Morgan fingerprint density at radius 2 is 1.96 bits per heavy atom. The average molecular weight is 414 g/mol. The van der Waals surface area contributed by atoms with E-state index in [9.17, 15) is 18.5 Å². The molecule has 0 saturated carbocycles. The molecule has 0 amide bonds. The highest BCUT2D eigenvalue weighted by Crippen LogP contribution is 2.37. The summed E-state index contributed by atoms with van der Waals surface area (Å²) < 4.78 is 34.7. The molecule has 0 aromatic heterocycles. The molecule has 0 bridgehead atoms. The maximum absolute atomic E-state index is 12.2. The van der Waals surface area contributed by atoms with Crippen LogP contribution in [0, 0.1) is 10.1 Å². The van der Waals surface area contributed by atoms with E-state index in [-0.39, 0.29) is 34.3 Å². The van der Waals surface area contributed by atoms with E-state index >= 15 is 0 Å². The lowest BCUT2D eigenvalue weighted by Crippen LogP contribution is -2.18. The largest absolute Gasteiger partial charge is 0.493 e. The van der Waals surface area contributed by atoms with Crippen LogP contribution in [0.25, 0.3) is 0 Å². The number of hydrogen-bond acceptors (Lipinski definition) is 7. The third-order valence-electron chi connectivity index (χ3n) is 3.27. The summed E-state index contributed by atoms with van der Waals surface area (Å²) >= 11 is 5.73. The van der Waals surface area contributed by atoms with Crippen molar-refractivity contribution in [1.82, 2.24) is 4.83 Å². The summed E-state index contributed by atoms with van der Waals surface area (Å²) in [4.78, 5) is 12.6. The van der Waals surface area contributed by atoms with Gasteiger partial charge in [-0.15, -0.1) is 0 Å². The quantitative estimate of drug-likeness (QED) is 0.403. The number of hydrogen-bond donors (Lipinski definition) is 1. The maximum atomic E-state index is 12.2. The smallest absolute Gasteiger partial charge is 0.315 e. The summed E-state index contributed by atoms with van der Waals surface area (Å²) in [5.74, 6) is 0.122. The molecule has 1 N–H and O–H groups in total. The van der Waals surface area contributed by atoms with Gasteiger partial charge >= 0.3 is 5.69 Å². The molecule has 2 rings (SSSR count). The Labute approximate surface area is 160 Å². The molecule has 0 aliphatic carbocycles. The van der Waals surface area contributed by atoms with Crippen molar-refractivity contribution in [2.45, 2.75) is 11.8 Å². The molecular weight excluding hydrogens is 398 g/mol. The Kier molecular flexibility index (Phi) is 6.59. The Bertz CT molecular complexity index is 961. The molecule has 0 atom stereocenters. The standard InChI is InChI=1S/C16H16ClN3O6S/c1-3-26-16-14(20(21)22)8-11(9-15(16)25-2)10-18-19-27(23,24)13-6-4-12(17)5-7-13/h4-10,19H,3H2,1-2H3/b18-10+. The van der Waals surface area contributed by atoms with E-state index < -0.39 is 14.9 Å². The minimum Gasteiger partial charge on any atom is -0.493 e.